The van der Waals surface area contributed by atoms with Crippen LogP contribution in [0.1, 0.15) is 42.1 Å². The van der Waals surface area contributed by atoms with Crippen LogP contribution >= 0.6 is 0 Å². The maximum Gasteiger partial charge on any atom is 0.339 e. The van der Waals surface area contributed by atoms with E-state index in [4.69, 9.17) is 9.47 Å². The highest BCUT2D eigenvalue weighted by Crippen LogP contribution is 2.35. The van der Waals surface area contributed by atoms with Gasteiger partial charge in [-0.25, -0.2) is 4.79 Å². The fraction of sp³-hybridized carbons (Fsp3) is 0.381. The largest absolute Gasteiger partial charge is 0.494 e. The van der Waals surface area contributed by atoms with Crippen molar-refractivity contribution < 1.29 is 14.3 Å². The van der Waals surface area contributed by atoms with Gasteiger partial charge in [-0.2, -0.15) is 0 Å². The second-order valence-electron chi connectivity index (χ2n) is 6.37. The molecule has 1 heterocycles. The summed E-state index contributed by atoms with van der Waals surface area (Å²) in [4.78, 5) is 12.7. The molecule has 132 valence electrons. The van der Waals surface area contributed by atoms with Gasteiger partial charge >= 0.3 is 5.97 Å². The van der Waals surface area contributed by atoms with Crippen molar-refractivity contribution in [2.45, 2.75) is 31.8 Å². The number of carbonyl (C=O) groups is 1. The predicted molar refractivity (Wildman–Crippen MR) is 97.9 cm³/mol. The lowest BCUT2D eigenvalue weighted by molar-refractivity contribution is -0.0378. The normalized spacial score (nSPS) is 16.2. The van der Waals surface area contributed by atoms with Crippen molar-refractivity contribution in [2.75, 3.05) is 19.7 Å². The zero-order valence-corrected chi connectivity index (χ0v) is 14.7. The first kappa shape index (κ1) is 17.5. The summed E-state index contributed by atoms with van der Waals surface area (Å²) in [6.45, 7) is 4.42. The van der Waals surface area contributed by atoms with Crippen LogP contribution < -0.4 is 10.1 Å². The van der Waals surface area contributed by atoms with Gasteiger partial charge in [0, 0.05) is 12.8 Å². The van der Waals surface area contributed by atoms with Crippen LogP contribution in [0.15, 0.2) is 54.6 Å². The van der Waals surface area contributed by atoms with Gasteiger partial charge in [-0.1, -0.05) is 37.3 Å². The third-order valence-corrected chi connectivity index (χ3v) is 4.56. The molecule has 0 unspecified atom stereocenters. The van der Waals surface area contributed by atoms with E-state index in [1.54, 1.807) is 12.1 Å². The van der Waals surface area contributed by atoms with Gasteiger partial charge in [0.15, 0.2) is 0 Å². The Morgan fingerprint density at radius 2 is 1.72 bits per heavy atom. The first-order valence-corrected chi connectivity index (χ1v) is 8.96. The third kappa shape index (κ3) is 4.20. The molecule has 4 nitrogen and oxygen atoms in total. The Hall–Kier alpha value is -2.33. The fourth-order valence-corrected chi connectivity index (χ4v) is 3.17. The maximum absolute atomic E-state index is 12.7. The Bertz CT molecular complexity index is 676. The SMILES string of the molecule is CCCOc1ccc(C(=O)OC2(c3ccccc3)CCNCC2)cc1. The number of esters is 1. The lowest BCUT2D eigenvalue weighted by Gasteiger charge is -2.37. The summed E-state index contributed by atoms with van der Waals surface area (Å²) in [5.74, 6) is 0.492. The lowest BCUT2D eigenvalue weighted by atomic mass is 9.84. The van der Waals surface area contributed by atoms with Crippen LogP contribution in [0.25, 0.3) is 0 Å². The van der Waals surface area contributed by atoms with Gasteiger partial charge in [-0.3, -0.25) is 0 Å². The standard InChI is InChI=1S/C21H25NO3/c1-2-16-24-19-10-8-17(9-11-19)20(23)25-21(12-14-22-15-13-21)18-6-4-3-5-7-18/h3-11,22H,2,12-16H2,1H3. The first-order valence-electron chi connectivity index (χ1n) is 8.96. The maximum atomic E-state index is 12.7. The summed E-state index contributed by atoms with van der Waals surface area (Å²) in [6, 6.07) is 17.2. The van der Waals surface area contributed by atoms with Crippen LogP contribution in [0.5, 0.6) is 5.75 Å². The molecule has 1 N–H and O–H groups in total. The molecule has 25 heavy (non-hydrogen) atoms. The summed E-state index contributed by atoms with van der Waals surface area (Å²) in [5.41, 5.74) is 1.06. The summed E-state index contributed by atoms with van der Waals surface area (Å²) in [6.07, 6.45) is 2.51. The molecule has 0 radical (unpaired) electrons. The zero-order valence-electron chi connectivity index (χ0n) is 14.7. The number of ether oxygens (including phenoxy) is 2. The van der Waals surface area contributed by atoms with E-state index in [1.165, 1.54) is 0 Å². The van der Waals surface area contributed by atoms with Gasteiger partial charge in [0.25, 0.3) is 0 Å². The lowest BCUT2D eigenvalue weighted by Crippen LogP contribution is -2.43. The van der Waals surface area contributed by atoms with Crippen LogP contribution in [0, 0.1) is 0 Å². The molecule has 0 spiro atoms. The van der Waals surface area contributed by atoms with Crippen LogP contribution in [0.4, 0.5) is 0 Å². The molecule has 1 saturated heterocycles. The smallest absolute Gasteiger partial charge is 0.339 e. The number of rotatable bonds is 6. The van der Waals surface area contributed by atoms with Crippen LogP contribution in [0.3, 0.4) is 0 Å². The van der Waals surface area contributed by atoms with Crippen LogP contribution in [0.2, 0.25) is 0 Å². The van der Waals surface area contributed by atoms with E-state index in [9.17, 15) is 4.79 Å². The van der Waals surface area contributed by atoms with Crippen molar-refractivity contribution in [1.82, 2.24) is 5.32 Å². The number of benzene rings is 2. The van der Waals surface area contributed by atoms with E-state index < -0.39 is 5.60 Å². The van der Waals surface area contributed by atoms with E-state index in [0.29, 0.717) is 12.2 Å². The molecule has 0 aromatic heterocycles. The summed E-state index contributed by atoms with van der Waals surface area (Å²) < 4.78 is 11.6. The molecular weight excluding hydrogens is 314 g/mol. The fourth-order valence-electron chi connectivity index (χ4n) is 3.17. The number of nitrogens with one attached hydrogen (secondary N) is 1. The summed E-state index contributed by atoms with van der Waals surface area (Å²) in [7, 11) is 0. The van der Waals surface area contributed by atoms with Crippen molar-refractivity contribution in [3.63, 3.8) is 0 Å². The van der Waals surface area contributed by atoms with E-state index in [0.717, 1.165) is 43.7 Å². The van der Waals surface area contributed by atoms with Gasteiger partial charge in [0.2, 0.25) is 0 Å². The minimum absolute atomic E-state index is 0.284. The predicted octanol–water partition coefficient (Wildman–Crippen LogP) is 3.91. The molecule has 2 aromatic rings. The van der Waals surface area contributed by atoms with Crippen molar-refractivity contribution in [3.8, 4) is 5.75 Å². The van der Waals surface area contributed by atoms with Crippen LogP contribution in [-0.4, -0.2) is 25.7 Å². The van der Waals surface area contributed by atoms with E-state index in [-0.39, 0.29) is 5.97 Å². The number of carbonyl (C=O) groups excluding carboxylic acids is 1. The molecule has 1 aliphatic rings. The summed E-state index contributed by atoms with van der Waals surface area (Å²) >= 11 is 0. The Morgan fingerprint density at radius 1 is 1.04 bits per heavy atom. The molecule has 0 atom stereocenters. The number of piperidine rings is 1. The Labute approximate surface area is 149 Å². The third-order valence-electron chi connectivity index (χ3n) is 4.56. The highest BCUT2D eigenvalue weighted by Gasteiger charge is 2.38. The van der Waals surface area contributed by atoms with Crippen LogP contribution in [-0.2, 0) is 10.3 Å². The second-order valence-corrected chi connectivity index (χ2v) is 6.37. The molecule has 0 aliphatic carbocycles. The van der Waals surface area contributed by atoms with E-state index >= 15 is 0 Å². The first-order chi connectivity index (χ1) is 12.2. The highest BCUT2D eigenvalue weighted by molar-refractivity contribution is 5.89. The van der Waals surface area contributed by atoms with Crippen molar-refractivity contribution in [3.05, 3.63) is 65.7 Å². The van der Waals surface area contributed by atoms with E-state index in [2.05, 4.69) is 12.2 Å². The molecular formula is C21H25NO3. The van der Waals surface area contributed by atoms with Gasteiger partial charge in [-0.15, -0.1) is 0 Å². The molecule has 2 aromatic carbocycles. The van der Waals surface area contributed by atoms with Crippen molar-refractivity contribution >= 4 is 5.97 Å². The molecule has 0 saturated carbocycles. The molecule has 4 heteroatoms. The molecule has 0 bridgehead atoms. The number of hydrogen-bond donors (Lipinski definition) is 1. The molecule has 1 aliphatic heterocycles. The minimum atomic E-state index is -0.555. The van der Waals surface area contributed by atoms with Crippen molar-refractivity contribution in [2.24, 2.45) is 0 Å². The summed E-state index contributed by atoms with van der Waals surface area (Å²) in [5, 5.41) is 3.34. The Kier molecular flexibility index (Phi) is 5.71. The Balaban J connectivity index is 1.76. The second kappa shape index (κ2) is 8.17. The molecule has 1 fully saturated rings. The zero-order chi connectivity index (χ0) is 17.5. The molecule has 0 amide bonds. The monoisotopic (exact) mass is 339 g/mol. The molecule has 3 rings (SSSR count). The average Bonchev–Trinajstić information content (AvgIpc) is 2.68. The van der Waals surface area contributed by atoms with Crippen molar-refractivity contribution in [1.29, 1.82) is 0 Å². The minimum Gasteiger partial charge on any atom is -0.494 e. The van der Waals surface area contributed by atoms with Gasteiger partial charge in [-0.05, 0) is 49.3 Å². The van der Waals surface area contributed by atoms with Gasteiger partial charge < -0.3 is 14.8 Å². The highest BCUT2D eigenvalue weighted by atomic mass is 16.6. The Morgan fingerprint density at radius 3 is 2.36 bits per heavy atom. The topological polar surface area (TPSA) is 47.6 Å². The van der Waals surface area contributed by atoms with E-state index in [1.807, 2.05) is 42.5 Å². The average molecular weight is 339 g/mol. The van der Waals surface area contributed by atoms with Gasteiger partial charge in [0.05, 0.1) is 12.2 Å². The quantitative estimate of drug-likeness (QED) is 0.811. The van der Waals surface area contributed by atoms with Gasteiger partial charge in [0.1, 0.15) is 11.4 Å². The number of hydrogen-bond acceptors (Lipinski definition) is 4.